The first kappa shape index (κ1) is 98.5. The smallest absolute Gasteiger partial charge is 0.224 e. The van der Waals surface area contributed by atoms with Crippen LogP contribution >= 0.6 is 0 Å². The largest absolute Gasteiger partial charge is 0.508 e. The highest BCUT2D eigenvalue weighted by Gasteiger charge is 2.47. The highest BCUT2D eigenvalue weighted by Crippen LogP contribution is 2.57. The number of carbonyl (C=O) groups is 2. The molecule has 2 heterocycles. The average Bonchev–Trinajstić information content (AvgIpc) is 0.702. The molecule has 0 bridgehead atoms. The standard InChI is InChI=1S/C24H17NO5.C24H19NO2.C14H11NO2.C14H14O3.C13H11NO3.C13H10O3.C12H10O3S/c26-16-5-1-14(2-6-16)24(15-3-7-17(27)8-4-15)20-11-18(28)9-10-22(20)30-23-21(24)12-19(29)13-25-23;26-21-14-10-19(11-15-21)25(20-12-16-22(27)17-13-20)24-9-5-4-8-23(24)18-6-2-1-3-7-18;15-9-14(10-1-5-12(16)6-2-10)11-3-7-13(17)8-4-11;1-14(17,10-2-6-12(15)7-3-10)11-4-8-13(16)9-5-11;15-9-14(10-1-5-12(16)6-2-10)11-3-7-13(17)8-4-11;14-11-5-1-9(2-6-11)13(16)10-3-7-12(15)8-4-10;13-9-1-5-11(6-2-9)16(15)12-7-3-10(14)4-8-12/h1-13,26-29H;1-17,26-27H;1-8,14,16-17H;2-9,15-17H,1H3;1-9,16-17H;1-8,14-15H;1-8,13-14H. The second kappa shape index (κ2) is 45.6. The molecule has 0 atom stereocenters. The van der Waals surface area contributed by atoms with E-state index in [9.17, 15) is 85.4 Å². The number of aliphatic hydroxyl groups is 1. The first-order valence-electron chi connectivity index (χ1n) is 43.0. The van der Waals surface area contributed by atoms with Gasteiger partial charge in [-0.05, 0) is 343 Å². The molecule has 0 unspecified atom stereocenters. The van der Waals surface area contributed by atoms with Crippen LogP contribution in [0.2, 0.25) is 0 Å². The van der Waals surface area contributed by atoms with Crippen molar-refractivity contribution in [3.63, 3.8) is 0 Å². The minimum absolute atomic E-state index is 0.0390. The first-order valence-corrected chi connectivity index (χ1v) is 44.2. The quantitative estimate of drug-likeness (QED) is 0.0297. The van der Waals surface area contributed by atoms with E-state index in [2.05, 4.69) is 40.2 Å². The Morgan fingerprint density at radius 2 is 0.671 bits per heavy atom. The molecule has 17 aromatic carbocycles. The number of anilines is 5. The van der Waals surface area contributed by atoms with Crippen molar-refractivity contribution >= 4 is 51.4 Å². The topological polar surface area (TPSA) is 448 Å². The van der Waals surface area contributed by atoms with Crippen LogP contribution in [0.3, 0.4) is 0 Å². The van der Waals surface area contributed by atoms with Gasteiger partial charge >= 0.3 is 0 Å². The number of phenolic OH excluding ortho intramolecular Hbond substituents is 15. The fourth-order valence-corrected chi connectivity index (χ4v) is 15.9. The van der Waals surface area contributed by atoms with Crippen LogP contribution in [0.4, 0.5) is 28.4 Å². The molecule has 1 aromatic heterocycles. The van der Waals surface area contributed by atoms with Crippen molar-refractivity contribution in [2.75, 3.05) is 9.80 Å². The predicted molar refractivity (Wildman–Crippen MR) is 533 cm³/mol. The lowest BCUT2D eigenvalue weighted by Crippen LogP contribution is -2.34. The summed E-state index contributed by atoms with van der Waals surface area (Å²) in [5, 5.41) is 171. The zero-order valence-electron chi connectivity index (χ0n) is 74.5. The van der Waals surface area contributed by atoms with Crippen molar-refractivity contribution in [3.05, 3.63) is 480 Å². The number of nitriles is 1. The van der Waals surface area contributed by atoms with Gasteiger partial charge in [-0.1, -0.05) is 121 Å². The number of ketones is 1. The Balaban J connectivity index is 0.000000140. The van der Waals surface area contributed by atoms with Crippen molar-refractivity contribution < 1.29 is 105 Å². The molecular formula is C114H92N4O21S. The first-order chi connectivity index (χ1) is 67.4. The van der Waals surface area contributed by atoms with Crippen molar-refractivity contribution in [2.45, 2.75) is 33.6 Å². The molecule has 0 saturated carbocycles. The van der Waals surface area contributed by atoms with E-state index < -0.39 is 27.7 Å². The number of ether oxygens (including phenoxy) is 1. The highest BCUT2D eigenvalue weighted by molar-refractivity contribution is 7.85. The summed E-state index contributed by atoms with van der Waals surface area (Å²) in [6.45, 7) is 1.67. The lowest BCUT2D eigenvalue weighted by Gasteiger charge is -2.40. The third-order valence-electron chi connectivity index (χ3n) is 22.0. The number of benzene rings is 17. The molecule has 1 aliphatic heterocycles. The SMILES string of the molecule is CC(O)(c1ccc(O)cc1)c1ccc(O)cc1.N#CC(c1ccc(O)cc1)c1ccc(O)cc1.O=C(c1ccc(O)cc1)c1ccc(O)cc1.O=CN(c1ccc(O)cc1)c1ccc(O)cc1.O=S(c1ccc(O)cc1)c1ccc(O)cc1.Oc1ccc(C2(c3ccc(O)cc3)c3cc(O)ccc3Oc3ncc(O)cc32)cc1.Oc1ccc(N(c2ccc(O)cc2)c2ccccc2-c2ccccc2)cc1. The third kappa shape index (κ3) is 24.9. The predicted octanol–water partition coefficient (Wildman–Crippen LogP) is 22.7. The summed E-state index contributed by atoms with van der Waals surface area (Å²) < 4.78 is 18.0. The van der Waals surface area contributed by atoms with Gasteiger partial charge in [0.15, 0.2) is 5.78 Å². The molecule has 0 fully saturated rings. The summed E-state index contributed by atoms with van der Waals surface area (Å²) in [6.07, 6.45) is 1.99. The molecule has 18 aromatic rings. The maximum Gasteiger partial charge on any atom is 0.224 e. The Kier molecular flexibility index (Phi) is 32.1. The zero-order valence-corrected chi connectivity index (χ0v) is 75.3. The number of hydrogen-bond acceptors (Lipinski definition) is 24. The molecule has 17 N–H and O–H groups in total. The van der Waals surface area contributed by atoms with Gasteiger partial charge in [0.05, 0.1) is 40.1 Å². The van der Waals surface area contributed by atoms with Crippen LogP contribution in [0, 0.1) is 11.3 Å². The number of hydrogen-bond donors (Lipinski definition) is 17. The Morgan fingerprint density at radius 3 is 1.04 bits per heavy atom. The van der Waals surface area contributed by atoms with Gasteiger partial charge in [0.1, 0.15) is 103 Å². The van der Waals surface area contributed by atoms with Crippen molar-refractivity contribution in [1.82, 2.24) is 4.98 Å². The lowest BCUT2D eigenvalue weighted by atomic mass is 9.64. The maximum absolute atomic E-state index is 12.0. The molecule has 700 valence electrons. The number of pyridine rings is 1. The van der Waals surface area contributed by atoms with E-state index in [1.54, 1.807) is 244 Å². The Morgan fingerprint density at radius 1 is 0.364 bits per heavy atom. The van der Waals surface area contributed by atoms with Crippen molar-refractivity contribution in [1.29, 1.82) is 5.26 Å². The van der Waals surface area contributed by atoms with E-state index in [0.717, 1.165) is 50.4 Å². The van der Waals surface area contributed by atoms with E-state index in [4.69, 9.17) is 25.2 Å². The molecule has 19 rings (SSSR count). The number of rotatable bonds is 17. The van der Waals surface area contributed by atoms with Crippen LogP contribution in [-0.2, 0) is 26.6 Å². The second-order valence-corrected chi connectivity index (χ2v) is 33.0. The number of amides is 1. The third-order valence-corrected chi connectivity index (χ3v) is 23.4. The van der Waals surface area contributed by atoms with Gasteiger partial charge in [0, 0.05) is 60.4 Å². The average molecular weight is 1890 g/mol. The minimum Gasteiger partial charge on any atom is -0.508 e. The Labute approximate surface area is 806 Å². The maximum atomic E-state index is 12.0. The number of aromatic hydroxyl groups is 16. The molecule has 0 radical (unpaired) electrons. The normalized spacial score (nSPS) is 11.1. The fourth-order valence-electron chi connectivity index (χ4n) is 14.9. The van der Waals surface area contributed by atoms with Crippen molar-refractivity contribution in [3.8, 4) is 121 Å². The van der Waals surface area contributed by atoms with Gasteiger partial charge in [-0.15, -0.1) is 0 Å². The molecule has 1 aliphatic rings. The highest BCUT2D eigenvalue weighted by atomic mass is 32.2. The number of carbonyl (C=O) groups excluding carboxylic acids is 2. The fraction of sp³-hybridized carbons (Fsp3) is 0.0351. The van der Waals surface area contributed by atoms with E-state index >= 15 is 0 Å². The van der Waals surface area contributed by atoms with Gasteiger partial charge in [0.2, 0.25) is 12.3 Å². The van der Waals surface area contributed by atoms with E-state index in [1.807, 2.05) is 54.6 Å². The van der Waals surface area contributed by atoms with Crippen molar-refractivity contribution in [2.24, 2.45) is 0 Å². The zero-order chi connectivity index (χ0) is 99.6. The van der Waals surface area contributed by atoms with Crippen LogP contribution in [0.25, 0.3) is 11.1 Å². The summed E-state index contributed by atoms with van der Waals surface area (Å²) in [5.41, 5.74) is 10.9. The Hall–Kier alpha value is -19.0. The summed E-state index contributed by atoms with van der Waals surface area (Å²) in [6, 6.07) is 118. The molecule has 1 amide bonds. The molecule has 25 nitrogen and oxygen atoms in total. The van der Waals surface area contributed by atoms with Gasteiger partial charge in [-0.2, -0.15) is 5.26 Å². The molecule has 140 heavy (non-hydrogen) atoms. The van der Waals surface area contributed by atoms with Crippen LogP contribution in [0.1, 0.15) is 73.3 Å². The Bertz CT molecular complexity index is 6750. The van der Waals surface area contributed by atoms with Gasteiger partial charge in [-0.3, -0.25) is 14.5 Å². The monoisotopic (exact) mass is 1880 g/mol. The summed E-state index contributed by atoms with van der Waals surface area (Å²) >= 11 is 0. The van der Waals surface area contributed by atoms with Gasteiger partial charge in [0.25, 0.3) is 0 Å². The van der Waals surface area contributed by atoms with Crippen LogP contribution < -0.4 is 14.5 Å². The van der Waals surface area contributed by atoms with Crippen LogP contribution in [-0.4, -0.2) is 108 Å². The molecule has 26 heteroatoms. The lowest BCUT2D eigenvalue weighted by molar-refractivity contribution is -0.106. The summed E-state index contributed by atoms with van der Waals surface area (Å²) in [4.78, 5) is 32.0. The van der Waals surface area contributed by atoms with E-state index in [0.29, 0.717) is 72.6 Å². The summed E-state index contributed by atoms with van der Waals surface area (Å²) in [7, 11) is -1.29. The van der Waals surface area contributed by atoms with E-state index in [1.165, 1.54) is 114 Å². The molecule has 0 aliphatic carbocycles. The van der Waals surface area contributed by atoms with E-state index in [-0.39, 0.29) is 97.8 Å². The molecular weight excluding hydrogens is 1790 g/mol. The molecule has 0 saturated heterocycles. The van der Waals surface area contributed by atoms with Crippen LogP contribution in [0.5, 0.6) is 104 Å². The minimum atomic E-state index is -1.29. The number of nitrogens with zero attached hydrogens (tertiary/aromatic N) is 4. The number of aromatic nitrogens is 1. The number of fused-ring (bicyclic) bond motifs is 2. The molecule has 0 spiro atoms. The van der Waals surface area contributed by atoms with Crippen LogP contribution in [0.15, 0.2) is 435 Å². The second-order valence-electron chi connectivity index (χ2n) is 31.5. The van der Waals surface area contributed by atoms with Gasteiger partial charge in [-0.25, -0.2) is 9.19 Å². The number of phenols is 15. The number of para-hydroxylation sites is 1. The van der Waals surface area contributed by atoms with Gasteiger partial charge < -0.3 is 96.4 Å². The summed E-state index contributed by atoms with van der Waals surface area (Å²) in [5.74, 6) is 2.47.